The lowest BCUT2D eigenvalue weighted by molar-refractivity contribution is 0.354. The molecule has 1 atom stereocenters. The topological polar surface area (TPSA) is 93.6 Å². The van der Waals surface area contributed by atoms with E-state index in [4.69, 9.17) is 10.3 Å². The monoisotopic (exact) mass is 301 g/mol. The van der Waals surface area contributed by atoms with E-state index >= 15 is 0 Å². The summed E-state index contributed by atoms with van der Waals surface area (Å²) in [6, 6.07) is 7.65. The maximum Gasteiger partial charge on any atom is 0.244 e. The third-order valence-electron chi connectivity index (χ3n) is 3.10. The molecule has 0 aliphatic heterocycles. The SMILES string of the molecule is CSc1ccc(-c2noc([C@@H](N)Cc3cnc[nH]3)n2)cc1. The first-order valence-electron chi connectivity index (χ1n) is 6.47. The van der Waals surface area contributed by atoms with Gasteiger partial charge in [-0.15, -0.1) is 11.8 Å². The Balaban J connectivity index is 1.75. The number of aromatic nitrogens is 4. The minimum atomic E-state index is -0.350. The van der Waals surface area contributed by atoms with Gasteiger partial charge in [0, 0.05) is 28.8 Å². The summed E-state index contributed by atoms with van der Waals surface area (Å²) in [5.41, 5.74) is 7.93. The number of hydrogen-bond acceptors (Lipinski definition) is 6. The highest BCUT2D eigenvalue weighted by atomic mass is 32.2. The van der Waals surface area contributed by atoms with Crippen molar-refractivity contribution in [3.8, 4) is 11.4 Å². The van der Waals surface area contributed by atoms with Crippen molar-refractivity contribution in [2.75, 3.05) is 6.26 Å². The Labute approximate surface area is 126 Å². The molecule has 6 nitrogen and oxygen atoms in total. The Morgan fingerprint density at radius 3 is 2.81 bits per heavy atom. The Morgan fingerprint density at radius 1 is 1.33 bits per heavy atom. The summed E-state index contributed by atoms with van der Waals surface area (Å²) in [4.78, 5) is 12.5. The molecular formula is C14H15N5OS. The van der Waals surface area contributed by atoms with Gasteiger partial charge in [0.05, 0.1) is 12.4 Å². The second-order valence-electron chi connectivity index (χ2n) is 4.57. The molecule has 1 aromatic carbocycles. The largest absolute Gasteiger partial charge is 0.348 e. The van der Waals surface area contributed by atoms with Gasteiger partial charge in [-0.25, -0.2) is 4.98 Å². The molecule has 2 heterocycles. The van der Waals surface area contributed by atoms with E-state index in [-0.39, 0.29) is 6.04 Å². The molecule has 0 spiro atoms. The second-order valence-corrected chi connectivity index (χ2v) is 5.45. The third kappa shape index (κ3) is 3.14. The number of nitrogens with zero attached hydrogens (tertiary/aromatic N) is 3. The summed E-state index contributed by atoms with van der Waals surface area (Å²) < 4.78 is 5.26. The molecular weight excluding hydrogens is 286 g/mol. The van der Waals surface area contributed by atoms with Crippen LogP contribution in [0.25, 0.3) is 11.4 Å². The number of imidazole rings is 1. The Kier molecular flexibility index (Phi) is 4.03. The predicted molar refractivity (Wildman–Crippen MR) is 80.7 cm³/mol. The van der Waals surface area contributed by atoms with Crippen LogP contribution in [0.15, 0.2) is 46.2 Å². The van der Waals surface area contributed by atoms with Gasteiger partial charge >= 0.3 is 0 Å². The van der Waals surface area contributed by atoms with Gasteiger partial charge in [0.15, 0.2) is 0 Å². The highest BCUT2D eigenvalue weighted by Crippen LogP contribution is 2.22. The minimum Gasteiger partial charge on any atom is -0.348 e. The van der Waals surface area contributed by atoms with Gasteiger partial charge in [0.1, 0.15) is 0 Å². The van der Waals surface area contributed by atoms with E-state index in [9.17, 15) is 0 Å². The summed E-state index contributed by atoms with van der Waals surface area (Å²) in [6.07, 6.45) is 5.97. The van der Waals surface area contributed by atoms with E-state index in [1.165, 1.54) is 4.90 Å². The van der Waals surface area contributed by atoms with Crippen molar-refractivity contribution >= 4 is 11.8 Å². The average molecular weight is 301 g/mol. The van der Waals surface area contributed by atoms with Crippen molar-refractivity contribution in [3.63, 3.8) is 0 Å². The molecule has 0 radical (unpaired) electrons. The lowest BCUT2D eigenvalue weighted by Crippen LogP contribution is -2.13. The highest BCUT2D eigenvalue weighted by molar-refractivity contribution is 7.98. The van der Waals surface area contributed by atoms with Crippen LogP contribution in [0, 0.1) is 0 Å². The van der Waals surface area contributed by atoms with Crippen LogP contribution < -0.4 is 5.73 Å². The van der Waals surface area contributed by atoms with Crippen molar-refractivity contribution in [2.24, 2.45) is 5.73 Å². The van der Waals surface area contributed by atoms with Crippen molar-refractivity contribution in [2.45, 2.75) is 17.4 Å². The number of rotatable bonds is 5. The van der Waals surface area contributed by atoms with E-state index in [2.05, 4.69) is 20.1 Å². The Morgan fingerprint density at radius 2 is 2.14 bits per heavy atom. The van der Waals surface area contributed by atoms with Crippen LogP contribution in [0.1, 0.15) is 17.6 Å². The zero-order valence-electron chi connectivity index (χ0n) is 11.5. The zero-order chi connectivity index (χ0) is 14.7. The van der Waals surface area contributed by atoms with Gasteiger partial charge in [-0.1, -0.05) is 5.16 Å². The van der Waals surface area contributed by atoms with Crippen LogP contribution in [0.3, 0.4) is 0 Å². The smallest absolute Gasteiger partial charge is 0.244 e. The molecule has 0 fully saturated rings. The number of nitrogens with one attached hydrogen (secondary N) is 1. The van der Waals surface area contributed by atoms with Gasteiger partial charge in [-0.05, 0) is 30.5 Å². The molecule has 108 valence electrons. The lowest BCUT2D eigenvalue weighted by atomic mass is 10.2. The minimum absolute atomic E-state index is 0.350. The molecule has 3 N–H and O–H groups in total. The quantitative estimate of drug-likeness (QED) is 0.703. The molecule has 0 unspecified atom stereocenters. The number of aromatic amines is 1. The van der Waals surface area contributed by atoms with E-state index in [1.54, 1.807) is 24.3 Å². The van der Waals surface area contributed by atoms with Gasteiger partial charge < -0.3 is 15.2 Å². The first-order valence-corrected chi connectivity index (χ1v) is 7.69. The molecule has 0 amide bonds. The fourth-order valence-electron chi connectivity index (χ4n) is 1.96. The van der Waals surface area contributed by atoms with Crippen molar-refractivity contribution < 1.29 is 4.52 Å². The average Bonchev–Trinajstić information content (AvgIpc) is 3.18. The van der Waals surface area contributed by atoms with Crippen LogP contribution in [0.2, 0.25) is 0 Å². The number of nitrogens with two attached hydrogens (primary N) is 1. The number of H-pyrrole nitrogens is 1. The number of benzene rings is 1. The van der Waals surface area contributed by atoms with Crippen LogP contribution in [0.5, 0.6) is 0 Å². The molecule has 0 aliphatic carbocycles. The number of hydrogen-bond donors (Lipinski definition) is 2. The Hall–Kier alpha value is -2.12. The standard InChI is InChI=1S/C14H15N5OS/c1-21-11-4-2-9(3-5-11)13-18-14(20-19-13)12(15)6-10-7-16-8-17-10/h2-5,7-8,12H,6,15H2,1H3,(H,16,17)/t12-/m0/s1. The molecule has 21 heavy (non-hydrogen) atoms. The summed E-state index contributed by atoms with van der Waals surface area (Å²) in [7, 11) is 0. The molecule has 0 saturated carbocycles. The van der Waals surface area contributed by atoms with Gasteiger partial charge in [0.25, 0.3) is 0 Å². The van der Waals surface area contributed by atoms with E-state index in [0.29, 0.717) is 18.1 Å². The van der Waals surface area contributed by atoms with E-state index in [1.807, 2.05) is 30.5 Å². The fourth-order valence-corrected chi connectivity index (χ4v) is 2.37. The van der Waals surface area contributed by atoms with Gasteiger partial charge in [-0.3, -0.25) is 0 Å². The summed E-state index contributed by atoms with van der Waals surface area (Å²) >= 11 is 1.69. The molecule has 0 aliphatic rings. The molecule has 0 saturated heterocycles. The Bertz CT molecular complexity index is 692. The maximum absolute atomic E-state index is 6.08. The predicted octanol–water partition coefficient (Wildman–Crippen LogP) is 2.42. The zero-order valence-corrected chi connectivity index (χ0v) is 12.3. The molecule has 3 rings (SSSR count). The van der Waals surface area contributed by atoms with Crippen molar-refractivity contribution in [3.05, 3.63) is 48.4 Å². The lowest BCUT2D eigenvalue weighted by Gasteiger charge is -2.03. The van der Waals surface area contributed by atoms with Crippen LogP contribution in [0.4, 0.5) is 0 Å². The normalized spacial score (nSPS) is 12.5. The van der Waals surface area contributed by atoms with Crippen LogP contribution in [-0.4, -0.2) is 26.4 Å². The van der Waals surface area contributed by atoms with Gasteiger partial charge in [0.2, 0.25) is 11.7 Å². The molecule has 2 aromatic heterocycles. The fraction of sp³-hybridized carbons (Fsp3) is 0.214. The first-order chi connectivity index (χ1) is 10.3. The van der Waals surface area contributed by atoms with Crippen molar-refractivity contribution in [1.82, 2.24) is 20.1 Å². The summed E-state index contributed by atoms with van der Waals surface area (Å²) in [6.45, 7) is 0. The van der Waals surface area contributed by atoms with E-state index < -0.39 is 0 Å². The summed E-state index contributed by atoms with van der Waals surface area (Å²) in [5.74, 6) is 0.978. The van der Waals surface area contributed by atoms with Crippen molar-refractivity contribution in [1.29, 1.82) is 0 Å². The highest BCUT2D eigenvalue weighted by Gasteiger charge is 2.16. The van der Waals surface area contributed by atoms with E-state index in [0.717, 1.165) is 11.3 Å². The first kappa shape index (κ1) is 13.8. The molecule has 0 bridgehead atoms. The van der Waals surface area contributed by atoms with Gasteiger partial charge in [-0.2, -0.15) is 4.98 Å². The van der Waals surface area contributed by atoms with Crippen LogP contribution in [-0.2, 0) is 6.42 Å². The molecule has 3 aromatic rings. The maximum atomic E-state index is 6.08. The third-order valence-corrected chi connectivity index (χ3v) is 3.85. The summed E-state index contributed by atoms with van der Waals surface area (Å²) in [5, 5.41) is 3.99. The number of thioether (sulfide) groups is 1. The van der Waals surface area contributed by atoms with Crippen LogP contribution >= 0.6 is 11.8 Å². The molecule has 7 heteroatoms. The second kappa shape index (κ2) is 6.11.